The van der Waals surface area contributed by atoms with Crippen molar-refractivity contribution in [3.8, 4) is 0 Å². The molecule has 1 heterocycles. The molecule has 0 spiro atoms. The molecule has 0 radical (unpaired) electrons. The number of unbranched alkanes of at least 4 members (excludes halogenated alkanes) is 1. The lowest BCUT2D eigenvalue weighted by atomic mass is 10.2. The van der Waals surface area contributed by atoms with E-state index in [1.54, 1.807) is 15.9 Å². The molecule has 0 N–H and O–H groups in total. The zero-order valence-corrected chi connectivity index (χ0v) is 18.2. The van der Waals surface area contributed by atoms with Crippen molar-refractivity contribution >= 4 is 29.5 Å². The van der Waals surface area contributed by atoms with Crippen molar-refractivity contribution in [2.24, 2.45) is 0 Å². The number of aryl methyl sites for hydroxylation is 1. The largest absolute Gasteiger partial charge is 0.330 e. The normalized spacial score (nSPS) is 13.8. The topological polar surface area (TPSA) is 60.9 Å². The lowest BCUT2D eigenvalue weighted by molar-refractivity contribution is -0.138. The van der Waals surface area contributed by atoms with E-state index in [1.807, 2.05) is 68.4 Å². The molecule has 6 nitrogen and oxygen atoms in total. The molecule has 1 aliphatic rings. The second-order valence-electron chi connectivity index (χ2n) is 7.75. The first-order chi connectivity index (χ1) is 15.0. The Bertz CT molecular complexity index is 955. The van der Waals surface area contributed by atoms with E-state index in [4.69, 9.17) is 0 Å². The van der Waals surface area contributed by atoms with E-state index in [-0.39, 0.29) is 37.5 Å². The average molecular weight is 420 g/mol. The second-order valence-corrected chi connectivity index (χ2v) is 7.75. The molecule has 1 aliphatic heterocycles. The van der Waals surface area contributed by atoms with Crippen LogP contribution in [-0.2, 0) is 14.4 Å². The molecule has 2 aromatic rings. The number of benzene rings is 2. The molecule has 0 unspecified atom stereocenters. The first-order valence-corrected chi connectivity index (χ1v) is 10.6. The molecule has 3 rings (SSSR count). The van der Waals surface area contributed by atoms with Crippen LogP contribution in [0.4, 0.5) is 5.69 Å². The van der Waals surface area contributed by atoms with Gasteiger partial charge in [0.1, 0.15) is 19.8 Å². The maximum atomic E-state index is 12.9. The molecule has 0 aromatic heterocycles. The van der Waals surface area contributed by atoms with E-state index < -0.39 is 0 Å². The van der Waals surface area contributed by atoms with Crippen LogP contribution in [0.15, 0.2) is 60.7 Å². The van der Waals surface area contributed by atoms with E-state index in [9.17, 15) is 14.4 Å². The van der Waals surface area contributed by atoms with Gasteiger partial charge in [-0.1, -0.05) is 55.8 Å². The van der Waals surface area contributed by atoms with Crippen LogP contribution in [0.3, 0.4) is 0 Å². The summed E-state index contributed by atoms with van der Waals surface area (Å²) in [5, 5.41) is 0. The van der Waals surface area contributed by atoms with Gasteiger partial charge in [0.05, 0.1) is 0 Å². The Morgan fingerprint density at radius 2 is 1.87 bits per heavy atom. The van der Waals surface area contributed by atoms with E-state index in [1.165, 1.54) is 11.0 Å². The van der Waals surface area contributed by atoms with E-state index in [0.29, 0.717) is 6.54 Å². The van der Waals surface area contributed by atoms with Crippen LogP contribution in [0.1, 0.15) is 30.9 Å². The van der Waals surface area contributed by atoms with Crippen molar-refractivity contribution in [1.82, 2.24) is 9.80 Å². The van der Waals surface area contributed by atoms with E-state index in [2.05, 4.69) is 0 Å². The van der Waals surface area contributed by atoms with Gasteiger partial charge in [-0.2, -0.15) is 0 Å². The number of hydrogen-bond acceptors (Lipinski definition) is 3. The Balaban J connectivity index is 1.65. The van der Waals surface area contributed by atoms with Gasteiger partial charge in [-0.25, -0.2) is 0 Å². The Morgan fingerprint density at radius 3 is 2.58 bits per heavy atom. The van der Waals surface area contributed by atoms with Crippen LogP contribution in [0, 0.1) is 6.92 Å². The standard InChI is InChI=1S/C25H29N3O3/c1-3-4-15-26(23(29)14-13-21-10-6-5-7-11-21)17-24(30)27-18-25(31)28(19-27)22-12-8-9-20(2)16-22/h5-14,16H,3-4,15,17-19H2,1-2H3. The van der Waals surface area contributed by atoms with Crippen molar-refractivity contribution in [2.45, 2.75) is 26.7 Å². The maximum absolute atomic E-state index is 12.9. The minimum Gasteiger partial charge on any atom is -0.330 e. The lowest BCUT2D eigenvalue weighted by Crippen LogP contribution is -2.42. The molecular formula is C25H29N3O3. The monoisotopic (exact) mass is 419 g/mol. The third kappa shape index (κ3) is 6.04. The van der Waals surface area contributed by atoms with Gasteiger partial charge in [0.25, 0.3) is 0 Å². The predicted molar refractivity (Wildman–Crippen MR) is 122 cm³/mol. The second kappa shape index (κ2) is 10.6. The first kappa shape index (κ1) is 22.3. The highest BCUT2D eigenvalue weighted by atomic mass is 16.2. The molecule has 0 atom stereocenters. The summed E-state index contributed by atoms with van der Waals surface area (Å²) in [4.78, 5) is 42.8. The summed E-state index contributed by atoms with van der Waals surface area (Å²) in [6.45, 7) is 4.71. The van der Waals surface area contributed by atoms with Gasteiger partial charge in [-0.05, 0) is 42.7 Å². The minimum absolute atomic E-state index is 0.0302. The highest BCUT2D eigenvalue weighted by molar-refractivity contribution is 6.01. The van der Waals surface area contributed by atoms with Crippen molar-refractivity contribution in [1.29, 1.82) is 0 Å². The molecule has 162 valence electrons. The van der Waals surface area contributed by atoms with Crippen LogP contribution >= 0.6 is 0 Å². The van der Waals surface area contributed by atoms with E-state index in [0.717, 1.165) is 29.7 Å². The average Bonchev–Trinajstić information content (AvgIpc) is 3.17. The summed E-state index contributed by atoms with van der Waals surface area (Å²) >= 11 is 0. The third-order valence-electron chi connectivity index (χ3n) is 5.24. The summed E-state index contributed by atoms with van der Waals surface area (Å²) in [6, 6.07) is 17.2. The number of nitrogens with zero attached hydrogens (tertiary/aromatic N) is 3. The zero-order valence-electron chi connectivity index (χ0n) is 18.2. The lowest BCUT2D eigenvalue weighted by Gasteiger charge is -2.24. The Labute approximate surface area is 183 Å². The molecular weight excluding hydrogens is 390 g/mol. The third-order valence-corrected chi connectivity index (χ3v) is 5.24. The van der Waals surface area contributed by atoms with Crippen molar-refractivity contribution < 1.29 is 14.4 Å². The minimum atomic E-state index is -0.221. The van der Waals surface area contributed by atoms with E-state index >= 15 is 0 Å². The fourth-order valence-corrected chi connectivity index (χ4v) is 3.45. The van der Waals surface area contributed by atoms with Gasteiger partial charge < -0.3 is 9.80 Å². The zero-order chi connectivity index (χ0) is 22.2. The maximum Gasteiger partial charge on any atom is 0.248 e. The van der Waals surface area contributed by atoms with Crippen LogP contribution in [0.25, 0.3) is 6.08 Å². The highest BCUT2D eigenvalue weighted by Gasteiger charge is 2.32. The van der Waals surface area contributed by atoms with Gasteiger partial charge >= 0.3 is 0 Å². The fourth-order valence-electron chi connectivity index (χ4n) is 3.45. The summed E-state index contributed by atoms with van der Waals surface area (Å²) < 4.78 is 0. The summed E-state index contributed by atoms with van der Waals surface area (Å²) in [5.74, 6) is -0.540. The van der Waals surface area contributed by atoms with Gasteiger partial charge in [0, 0.05) is 18.3 Å². The number of anilines is 1. The van der Waals surface area contributed by atoms with Crippen molar-refractivity contribution in [3.63, 3.8) is 0 Å². The van der Waals surface area contributed by atoms with Gasteiger partial charge in [-0.3, -0.25) is 19.3 Å². The Hall–Kier alpha value is -3.41. The molecule has 31 heavy (non-hydrogen) atoms. The summed E-state index contributed by atoms with van der Waals surface area (Å²) in [5.41, 5.74) is 2.76. The smallest absolute Gasteiger partial charge is 0.248 e. The number of amides is 3. The Morgan fingerprint density at radius 1 is 1.10 bits per heavy atom. The number of hydrogen-bond donors (Lipinski definition) is 0. The predicted octanol–water partition coefficient (Wildman–Crippen LogP) is 3.47. The summed E-state index contributed by atoms with van der Waals surface area (Å²) in [7, 11) is 0. The molecule has 3 amide bonds. The summed E-state index contributed by atoms with van der Waals surface area (Å²) in [6.07, 6.45) is 4.99. The molecule has 0 bridgehead atoms. The van der Waals surface area contributed by atoms with Crippen LogP contribution in [0.5, 0.6) is 0 Å². The molecule has 0 saturated carbocycles. The van der Waals surface area contributed by atoms with Gasteiger partial charge in [0.15, 0.2) is 0 Å². The number of rotatable bonds is 8. The fraction of sp³-hybridized carbons (Fsp3) is 0.320. The van der Waals surface area contributed by atoms with Crippen LogP contribution in [-0.4, -0.2) is 53.8 Å². The first-order valence-electron chi connectivity index (χ1n) is 10.6. The van der Waals surface area contributed by atoms with Crippen molar-refractivity contribution in [3.05, 3.63) is 71.8 Å². The molecule has 6 heteroatoms. The SMILES string of the molecule is CCCCN(CC(=O)N1CC(=O)N(c2cccc(C)c2)C1)C(=O)C=Cc1ccccc1. The number of carbonyl (C=O) groups excluding carboxylic acids is 3. The number of carbonyl (C=O) groups is 3. The van der Waals surface area contributed by atoms with Gasteiger partial charge in [-0.15, -0.1) is 0 Å². The van der Waals surface area contributed by atoms with Crippen LogP contribution in [0.2, 0.25) is 0 Å². The van der Waals surface area contributed by atoms with Gasteiger partial charge in [0.2, 0.25) is 17.7 Å². The quantitative estimate of drug-likeness (QED) is 0.616. The van der Waals surface area contributed by atoms with Crippen LogP contribution < -0.4 is 4.90 Å². The highest BCUT2D eigenvalue weighted by Crippen LogP contribution is 2.20. The Kier molecular flexibility index (Phi) is 7.60. The molecule has 1 fully saturated rings. The molecule has 2 aromatic carbocycles. The van der Waals surface area contributed by atoms with Crippen molar-refractivity contribution in [2.75, 3.05) is 31.2 Å². The molecule has 1 saturated heterocycles. The molecule has 0 aliphatic carbocycles.